The van der Waals surface area contributed by atoms with E-state index in [1.165, 1.54) is 22.7 Å². The topological polar surface area (TPSA) is 141 Å². The van der Waals surface area contributed by atoms with Gasteiger partial charge in [-0.3, -0.25) is 19.4 Å². The lowest BCUT2D eigenvalue weighted by molar-refractivity contribution is -0.138. The van der Waals surface area contributed by atoms with Crippen molar-refractivity contribution in [3.05, 3.63) is 64.2 Å². The van der Waals surface area contributed by atoms with Crippen LogP contribution < -0.4 is 16.0 Å². The summed E-state index contributed by atoms with van der Waals surface area (Å²) in [5.74, 6) is 1.10. The van der Waals surface area contributed by atoms with Crippen molar-refractivity contribution in [3.63, 3.8) is 0 Å². The Morgan fingerprint density at radius 2 is 2.06 bits per heavy atom. The fourth-order valence-electron chi connectivity index (χ4n) is 6.75. The zero-order chi connectivity index (χ0) is 35.6. The highest BCUT2D eigenvalue weighted by molar-refractivity contribution is 7.99. The van der Waals surface area contributed by atoms with Gasteiger partial charge in [-0.2, -0.15) is 13.2 Å². The molecule has 0 saturated carbocycles. The van der Waals surface area contributed by atoms with E-state index in [9.17, 15) is 22.8 Å². The molecule has 5 heterocycles. The summed E-state index contributed by atoms with van der Waals surface area (Å²) in [5.41, 5.74) is 5.62. The number of nitrogens with two attached hydrogens (primary N) is 1. The fourth-order valence-corrected chi connectivity index (χ4v) is 7.52. The van der Waals surface area contributed by atoms with E-state index < -0.39 is 29.1 Å². The number of ether oxygens (including phenoxy) is 2. The molecule has 2 saturated heterocycles. The second kappa shape index (κ2) is 15.0. The molecular weight excluding hydrogens is 673 g/mol. The number of fused-ring (bicyclic) bond motifs is 1. The molecule has 16 heteroatoms. The summed E-state index contributed by atoms with van der Waals surface area (Å²) in [6.45, 7) is 6.50. The third-order valence-corrected chi connectivity index (χ3v) is 10.4. The van der Waals surface area contributed by atoms with Gasteiger partial charge in [0.25, 0.3) is 5.91 Å². The lowest BCUT2D eigenvalue weighted by Gasteiger charge is -2.42. The first-order valence-corrected chi connectivity index (χ1v) is 17.8. The number of benzene rings is 1. The second-order valence-electron chi connectivity index (χ2n) is 13.6. The van der Waals surface area contributed by atoms with Crippen LogP contribution in [0.3, 0.4) is 0 Å². The summed E-state index contributed by atoms with van der Waals surface area (Å²) in [4.78, 5) is 34.1. The Bertz CT molecular complexity index is 1710. The van der Waals surface area contributed by atoms with Crippen molar-refractivity contribution in [2.24, 2.45) is 18.7 Å². The third kappa shape index (κ3) is 7.99. The number of carbonyl (C=O) groups excluding carboxylic acids is 2. The molecular formula is C34H43F3N8O4S. The number of aromatic nitrogens is 4. The van der Waals surface area contributed by atoms with Gasteiger partial charge >= 0.3 is 6.18 Å². The van der Waals surface area contributed by atoms with E-state index in [-0.39, 0.29) is 42.7 Å². The summed E-state index contributed by atoms with van der Waals surface area (Å²) in [6.07, 6.45) is -0.416. The third-order valence-electron chi connectivity index (χ3n) is 9.53. The number of anilines is 1. The number of nitrogens with zero attached hydrogens (tertiary/aromatic N) is 6. The molecule has 1 unspecified atom stereocenters. The number of amides is 2. The molecule has 2 amide bonds. The molecule has 2 fully saturated rings. The molecule has 0 radical (unpaired) electrons. The summed E-state index contributed by atoms with van der Waals surface area (Å²) >= 11 is 1.38. The van der Waals surface area contributed by atoms with Crippen molar-refractivity contribution in [1.29, 1.82) is 0 Å². The monoisotopic (exact) mass is 716 g/mol. The lowest BCUT2D eigenvalue weighted by atomic mass is 9.76. The van der Waals surface area contributed by atoms with E-state index >= 15 is 0 Å². The summed E-state index contributed by atoms with van der Waals surface area (Å²) < 4.78 is 56.7. The van der Waals surface area contributed by atoms with Crippen molar-refractivity contribution in [3.8, 4) is 0 Å². The lowest BCUT2D eigenvalue weighted by Crippen LogP contribution is -2.49. The van der Waals surface area contributed by atoms with E-state index in [0.29, 0.717) is 48.4 Å². The molecule has 0 spiro atoms. The van der Waals surface area contributed by atoms with E-state index in [1.807, 2.05) is 17.7 Å². The van der Waals surface area contributed by atoms with Crippen LogP contribution in [0, 0.1) is 5.92 Å². The SMILES string of the molecule is CC(N)C(=O)NCOCCSc1cc(C2(Cc3nncn3C)COC2)cc(N2Cc3c(cc(CN4CCC[C@H](C)C4)cc3C(F)(F)F)C2=O)n1. The minimum Gasteiger partial charge on any atom is -0.379 e. The summed E-state index contributed by atoms with van der Waals surface area (Å²) in [7, 11) is 1.86. The van der Waals surface area contributed by atoms with E-state index in [1.54, 1.807) is 25.4 Å². The Morgan fingerprint density at radius 1 is 1.26 bits per heavy atom. The number of halogens is 3. The van der Waals surface area contributed by atoms with Crippen molar-refractivity contribution >= 4 is 29.4 Å². The van der Waals surface area contributed by atoms with Gasteiger partial charge in [-0.25, -0.2) is 4.98 Å². The van der Waals surface area contributed by atoms with Gasteiger partial charge in [-0.15, -0.1) is 22.0 Å². The Morgan fingerprint density at radius 3 is 2.72 bits per heavy atom. The number of piperidine rings is 1. The van der Waals surface area contributed by atoms with Crippen LogP contribution >= 0.6 is 11.8 Å². The number of thioether (sulfide) groups is 1. The first-order chi connectivity index (χ1) is 23.8. The maximum atomic E-state index is 14.6. The average Bonchev–Trinajstić information content (AvgIpc) is 3.61. The molecule has 270 valence electrons. The molecule has 0 bridgehead atoms. The number of carbonyl (C=O) groups is 2. The molecule has 3 aromatic rings. The standard InChI is InChI=1S/C34H43F3N8O4S/c1-21-5-4-6-44(14-21)15-23-9-25-26(27(10-23)34(35,36)37)16-45(32(25)47)28-11-24(33(17-49-18-33)13-29-42-40-19-43(29)3)12-30(41-28)50-8-7-48-20-39-31(46)22(2)38/h9-12,19,21-22H,4-8,13-18,20,38H2,1-3H3,(H,39,46)/t21-,22?/m0/s1. The number of nitrogens with one attached hydrogen (secondary N) is 1. The molecule has 1 aromatic carbocycles. The minimum absolute atomic E-state index is 0.00134. The molecule has 3 aliphatic rings. The van der Waals surface area contributed by atoms with Crippen molar-refractivity contribution in [1.82, 2.24) is 30.0 Å². The molecule has 12 nitrogen and oxygen atoms in total. The summed E-state index contributed by atoms with van der Waals surface area (Å²) in [6, 6.07) is 5.90. The maximum Gasteiger partial charge on any atom is 0.416 e. The highest BCUT2D eigenvalue weighted by atomic mass is 32.2. The molecule has 2 atom stereocenters. The van der Waals surface area contributed by atoms with Crippen LogP contribution in [0.1, 0.15) is 65.1 Å². The average molecular weight is 717 g/mol. The zero-order valence-corrected chi connectivity index (χ0v) is 29.3. The molecule has 3 aliphatic heterocycles. The Balaban J connectivity index is 1.29. The number of likely N-dealkylation sites (tertiary alicyclic amines) is 1. The van der Waals surface area contributed by atoms with E-state index in [2.05, 4.69) is 27.3 Å². The van der Waals surface area contributed by atoms with Gasteiger partial charge in [0.05, 0.1) is 43.0 Å². The van der Waals surface area contributed by atoms with Crippen LogP contribution in [-0.2, 0) is 52.4 Å². The quantitative estimate of drug-likeness (QED) is 0.153. The van der Waals surface area contributed by atoms with E-state index in [0.717, 1.165) is 37.3 Å². The van der Waals surface area contributed by atoms with Crippen molar-refractivity contribution in [2.45, 2.75) is 68.9 Å². The Kier molecular flexibility index (Phi) is 10.8. The maximum absolute atomic E-state index is 14.6. The molecule has 3 N–H and O–H groups in total. The molecule has 6 rings (SSSR count). The van der Waals surface area contributed by atoms with Crippen LogP contribution in [0.4, 0.5) is 19.0 Å². The smallest absolute Gasteiger partial charge is 0.379 e. The van der Waals surface area contributed by atoms with Gasteiger partial charge in [-0.05, 0) is 73.2 Å². The number of hydrogen-bond acceptors (Lipinski definition) is 10. The molecule has 0 aliphatic carbocycles. The normalized spacial score (nSPS) is 19.7. The van der Waals surface area contributed by atoms with Crippen molar-refractivity contribution < 1.29 is 32.2 Å². The van der Waals surface area contributed by atoms with Crippen LogP contribution in [0.25, 0.3) is 0 Å². The van der Waals surface area contributed by atoms with Crippen LogP contribution in [0.2, 0.25) is 0 Å². The molecule has 2 aromatic heterocycles. The first-order valence-electron chi connectivity index (χ1n) is 16.8. The van der Waals surface area contributed by atoms with Gasteiger partial charge in [0.15, 0.2) is 0 Å². The fraction of sp³-hybridized carbons (Fsp3) is 0.559. The number of hydrogen-bond donors (Lipinski definition) is 2. The molecule has 50 heavy (non-hydrogen) atoms. The zero-order valence-electron chi connectivity index (χ0n) is 28.5. The van der Waals surface area contributed by atoms with Gasteiger partial charge < -0.3 is 25.1 Å². The van der Waals surface area contributed by atoms with E-state index in [4.69, 9.17) is 20.2 Å². The Hall–Kier alpha value is -3.57. The van der Waals surface area contributed by atoms with Crippen LogP contribution in [0.15, 0.2) is 35.6 Å². The van der Waals surface area contributed by atoms with Gasteiger partial charge in [0.2, 0.25) is 5.91 Å². The number of alkyl halides is 3. The number of pyridine rings is 1. The van der Waals surface area contributed by atoms with Crippen LogP contribution in [0.5, 0.6) is 0 Å². The minimum atomic E-state index is -4.63. The Labute approximate surface area is 293 Å². The first kappa shape index (κ1) is 36.2. The highest BCUT2D eigenvalue weighted by Crippen LogP contribution is 2.42. The largest absolute Gasteiger partial charge is 0.416 e. The van der Waals surface area contributed by atoms with Crippen molar-refractivity contribution in [2.75, 3.05) is 50.3 Å². The van der Waals surface area contributed by atoms with Gasteiger partial charge in [0.1, 0.15) is 24.7 Å². The highest BCUT2D eigenvalue weighted by Gasteiger charge is 2.44. The van der Waals surface area contributed by atoms with Gasteiger partial charge in [-0.1, -0.05) is 6.92 Å². The number of aryl methyl sites for hydroxylation is 1. The van der Waals surface area contributed by atoms with Gasteiger partial charge in [0, 0.05) is 43.3 Å². The predicted molar refractivity (Wildman–Crippen MR) is 180 cm³/mol. The predicted octanol–water partition coefficient (Wildman–Crippen LogP) is 3.66. The second-order valence-corrected chi connectivity index (χ2v) is 14.7. The van der Waals surface area contributed by atoms with Crippen LogP contribution in [-0.4, -0.2) is 87.9 Å². The summed E-state index contributed by atoms with van der Waals surface area (Å²) in [5, 5.41) is 11.4. The number of rotatable bonds is 13.